The molecule has 1 atom stereocenters. The summed E-state index contributed by atoms with van der Waals surface area (Å²) in [6.07, 6.45) is 4.25. The van der Waals surface area contributed by atoms with Gasteiger partial charge in [-0.05, 0) is 50.9 Å². The number of nitrogens with one attached hydrogen (secondary N) is 1. The Kier molecular flexibility index (Phi) is 4.11. The minimum Gasteiger partial charge on any atom is -0.340 e. The molecule has 4 heteroatoms. The molecular weight excluding hydrogens is 264 g/mol. The molecule has 1 heterocycles. The van der Waals surface area contributed by atoms with Gasteiger partial charge in [0.15, 0.2) is 0 Å². The second kappa shape index (κ2) is 5.29. The minimum atomic E-state index is -0.782. The fourth-order valence-corrected chi connectivity index (χ4v) is 3.69. The van der Waals surface area contributed by atoms with Crippen molar-refractivity contribution < 1.29 is 9.59 Å². The molecule has 0 aromatic carbocycles. The Morgan fingerprint density at radius 1 is 1.10 bits per heavy atom. The lowest BCUT2D eigenvalue weighted by Gasteiger charge is -2.50. The molecule has 0 bridgehead atoms. The summed E-state index contributed by atoms with van der Waals surface area (Å²) in [7, 11) is 0. The monoisotopic (exact) mass is 294 g/mol. The van der Waals surface area contributed by atoms with Gasteiger partial charge in [-0.1, -0.05) is 27.7 Å². The highest BCUT2D eigenvalue weighted by atomic mass is 16.2. The maximum atomic E-state index is 12.9. The van der Waals surface area contributed by atoms with E-state index in [2.05, 4.69) is 19.2 Å². The number of hydrogen-bond donors (Lipinski definition) is 1. The quantitative estimate of drug-likeness (QED) is 0.851. The van der Waals surface area contributed by atoms with E-state index < -0.39 is 5.54 Å². The van der Waals surface area contributed by atoms with Crippen molar-refractivity contribution in [3.05, 3.63) is 0 Å². The molecule has 1 saturated heterocycles. The lowest BCUT2D eigenvalue weighted by molar-refractivity contribution is -0.159. The third-order valence-corrected chi connectivity index (χ3v) is 5.11. The Labute approximate surface area is 128 Å². The van der Waals surface area contributed by atoms with Crippen LogP contribution in [0, 0.1) is 11.3 Å². The van der Waals surface area contributed by atoms with Gasteiger partial charge in [-0.25, -0.2) is 0 Å². The van der Waals surface area contributed by atoms with Gasteiger partial charge in [0, 0.05) is 6.04 Å². The van der Waals surface area contributed by atoms with Gasteiger partial charge >= 0.3 is 0 Å². The van der Waals surface area contributed by atoms with Crippen LogP contribution in [0.1, 0.15) is 67.2 Å². The van der Waals surface area contributed by atoms with Crippen LogP contribution in [0.3, 0.4) is 0 Å². The van der Waals surface area contributed by atoms with Crippen LogP contribution in [0.15, 0.2) is 0 Å². The lowest BCUT2D eigenvalue weighted by Crippen LogP contribution is -2.71. The zero-order valence-electron chi connectivity index (χ0n) is 14.3. The number of carbonyl (C=O) groups excluding carboxylic acids is 2. The SMILES string of the molecule is CC(C)C1C(=O)NC(C)(C)C(=O)N1C1CCC(C)(C)CC1. The van der Waals surface area contributed by atoms with Crippen LogP contribution < -0.4 is 5.32 Å². The molecule has 0 aromatic rings. The van der Waals surface area contributed by atoms with E-state index in [0.29, 0.717) is 5.41 Å². The van der Waals surface area contributed by atoms with Gasteiger partial charge in [0.25, 0.3) is 0 Å². The molecule has 4 nitrogen and oxygen atoms in total. The second-order valence-corrected chi connectivity index (χ2v) is 8.41. The Hall–Kier alpha value is -1.06. The van der Waals surface area contributed by atoms with Crippen LogP contribution >= 0.6 is 0 Å². The summed E-state index contributed by atoms with van der Waals surface area (Å²) < 4.78 is 0. The first kappa shape index (κ1) is 16.3. The number of amides is 2. The van der Waals surface area contributed by atoms with Crippen molar-refractivity contribution in [2.75, 3.05) is 0 Å². The van der Waals surface area contributed by atoms with E-state index in [0.717, 1.165) is 25.7 Å². The van der Waals surface area contributed by atoms with E-state index in [1.807, 2.05) is 32.6 Å². The summed E-state index contributed by atoms with van der Waals surface area (Å²) in [5.74, 6) is 0.213. The highest BCUT2D eigenvalue weighted by Gasteiger charge is 2.49. The number of nitrogens with zero attached hydrogens (tertiary/aromatic N) is 1. The van der Waals surface area contributed by atoms with E-state index in [1.54, 1.807) is 0 Å². The number of hydrogen-bond acceptors (Lipinski definition) is 2. The van der Waals surface area contributed by atoms with Crippen molar-refractivity contribution in [2.24, 2.45) is 11.3 Å². The highest BCUT2D eigenvalue weighted by Crippen LogP contribution is 2.39. The average molecular weight is 294 g/mol. The van der Waals surface area contributed by atoms with Gasteiger partial charge in [-0.3, -0.25) is 9.59 Å². The molecule has 2 fully saturated rings. The van der Waals surface area contributed by atoms with Crippen LogP contribution in [0.4, 0.5) is 0 Å². The Morgan fingerprint density at radius 2 is 1.62 bits per heavy atom. The summed E-state index contributed by atoms with van der Waals surface area (Å²) >= 11 is 0. The third kappa shape index (κ3) is 3.09. The van der Waals surface area contributed by atoms with Crippen LogP contribution in [0.25, 0.3) is 0 Å². The molecule has 2 rings (SSSR count). The van der Waals surface area contributed by atoms with Crippen molar-refractivity contribution in [2.45, 2.75) is 84.8 Å². The van der Waals surface area contributed by atoms with E-state index in [4.69, 9.17) is 0 Å². The normalized spacial score (nSPS) is 29.7. The van der Waals surface area contributed by atoms with E-state index >= 15 is 0 Å². The summed E-state index contributed by atoms with van der Waals surface area (Å²) in [4.78, 5) is 27.3. The van der Waals surface area contributed by atoms with E-state index in [1.165, 1.54) is 0 Å². The van der Waals surface area contributed by atoms with Crippen molar-refractivity contribution in [3.63, 3.8) is 0 Å². The van der Waals surface area contributed by atoms with Crippen molar-refractivity contribution in [3.8, 4) is 0 Å². The summed E-state index contributed by atoms with van der Waals surface area (Å²) in [6.45, 7) is 12.2. The summed E-state index contributed by atoms with van der Waals surface area (Å²) in [6, 6.07) is -0.111. The van der Waals surface area contributed by atoms with Crippen LogP contribution in [-0.2, 0) is 9.59 Å². The van der Waals surface area contributed by atoms with Gasteiger partial charge in [-0.15, -0.1) is 0 Å². The largest absolute Gasteiger partial charge is 0.340 e. The fourth-order valence-electron chi connectivity index (χ4n) is 3.69. The Bertz CT molecular complexity index is 430. The molecule has 1 aliphatic heterocycles. The number of piperazine rings is 1. The molecule has 1 saturated carbocycles. The topological polar surface area (TPSA) is 49.4 Å². The van der Waals surface area contributed by atoms with E-state index in [9.17, 15) is 9.59 Å². The zero-order valence-corrected chi connectivity index (χ0v) is 14.3. The zero-order chi connectivity index (χ0) is 16.0. The minimum absolute atomic E-state index is 0.000524. The van der Waals surface area contributed by atoms with Gasteiger partial charge in [0.05, 0.1) is 0 Å². The fraction of sp³-hybridized carbons (Fsp3) is 0.882. The molecule has 0 spiro atoms. The maximum Gasteiger partial charge on any atom is 0.248 e. The molecule has 1 aliphatic carbocycles. The molecule has 0 radical (unpaired) electrons. The first-order valence-corrected chi connectivity index (χ1v) is 8.20. The first-order valence-electron chi connectivity index (χ1n) is 8.20. The predicted molar refractivity (Wildman–Crippen MR) is 83.7 cm³/mol. The molecule has 21 heavy (non-hydrogen) atoms. The van der Waals surface area contributed by atoms with Gasteiger partial charge < -0.3 is 10.2 Å². The van der Waals surface area contributed by atoms with Crippen molar-refractivity contribution in [1.82, 2.24) is 10.2 Å². The van der Waals surface area contributed by atoms with Gasteiger partial charge in [-0.2, -0.15) is 0 Å². The molecule has 1 unspecified atom stereocenters. The molecule has 2 aliphatic rings. The number of carbonyl (C=O) groups is 2. The molecule has 0 aromatic heterocycles. The predicted octanol–water partition coefficient (Wildman–Crippen LogP) is 2.72. The Balaban J connectivity index is 2.27. The summed E-state index contributed by atoms with van der Waals surface area (Å²) in [5, 5.41) is 2.89. The number of rotatable bonds is 2. The molecule has 2 amide bonds. The van der Waals surface area contributed by atoms with Crippen molar-refractivity contribution in [1.29, 1.82) is 0 Å². The van der Waals surface area contributed by atoms with Crippen LogP contribution in [0.5, 0.6) is 0 Å². The highest BCUT2D eigenvalue weighted by molar-refractivity contribution is 5.99. The lowest BCUT2D eigenvalue weighted by atomic mass is 9.74. The molecule has 120 valence electrons. The maximum absolute atomic E-state index is 12.9. The summed E-state index contributed by atoms with van der Waals surface area (Å²) in [5.41, 5.74) is -0.421. The van der Waals surface area contributed by atoms with Crippen LogP contribution in [-0.4, -0.2) is 34.3 Å². The standard InChI is InChI=1S/C17H30N2O2/c1-11(2)13-14(20)18-17(5,6)15(21)19(13)12-7-9-16(3,4)10-8-12/h11-13H,7-10H2,1-6H3,(H,18,20). The Morgan fingerprint density at radius 3 is 2.10 bits per heavy atom. The van der Waals surface area contributed by atoms with Gasteiger partial charge in [0.1, 0.15) is 11.6 Å². The van der Waals surface area contributed by atoms with Crippen molar-refractivity contribution >= 4 is 11.8 Å². The molecule has 1 N–H and O–H groups in total. The third-order valence-electron chi connectivity index (χ3n) is 5.11. The van der Waals surface area contributed by atoms with E-state index in [-0.39, 0.29) is 29.8 Å². The van der Waals surface area contributed by atoms with Crippen LogP contribution in [0.2, 0.25) is 0 Å². The smallest absolute Gasteiger partial charge is 0.248 e. The van der Waals surface area contributed by atoms with Gasteiger partial charge in [0.2, 0.25) is 11.8 Å². The molecular formula is C17H30N2O2. The average Bonchev–Trinajstić information content (AvgIpc) is 2.33. The first-order chi connectivity index (χ1) is 9.55. The second-order valence-electron chi connectivity index (χ2n) is 8.41.